The summed E-state index contributed by atoms with van der Waals surface area (Å²) in [7, 11) is 0. The highest BCUT2D eigenvalue weighted by molar-refractivity contribution is 5.94. The highest BCUT2D eigenvalue weighted by Gasteiger charge is 2.12. The molecule has 0 spiro atoms. The fourth-order valence-electron chi connectivity index (χ4n) is 2.43. The Hall–Kier alpha value is -2.62. The lowest BCUT2D eigenvalue weighted by atomic mass is 10.0. The summed E-state index contributed by atoms with van der Waals surface area (Å²) in [4.78, 5) is 23.2. The summed E-state index contributed by atoms with van der Waals surface area (Å²) in [5.41, 5.74) is 3.84. The van der Waals surface area contributed by atoms with E-state index < -0.39 is 0 Å². The number of carbonyl (C=O) groups is 2. The van der Waals surface area contributed by atoms with E-state index in [9.17, 15) is 9.59 Å². The Kier molecular flexibility index (Phi) is 5.52. The molecule has 2 rings (SSSR count). The lowest BCUT2D eigenvalue weighted by Gasteiger charge is -2.16. The van der Waals surface area contributed by atoms with Gasteiger partial charge in [0.2, 0.25) is 5.91 Å². The predicted molar refractivity (Wildman–Crippen MR) is 91.0 cm³/mol. The van der Waals surface area contributed by atoms with Crippen LogP contribution >= 0.6 is 0 Å². The van der Waals surface area contributed by atoms with Crippen LogP contribution in [0.1, 0.15) is 46.9 Å². The molecule has 0 unspecified atom stereocenters. The van der Waals surface area contributed by atoms with Crippen molar-refractivity contribution in [2.24, 2.45) is 0 Å². The highest BCUT2D eigenvalue weighted by Crippen LogP contribution is 2.17. The van der Waals surface area contributed by atoms with E-state index >= 15 is 0 Å². The van der Waals surface area contributed by atoms with Crippen LogP contribution in [-0.2, 0) is 11.3 Å². The van der Waals surface area contributed by atoms with Gasteiger partial charge in [0, 0.05) is 19.0 Å². The van der Waals surface area contributed by atoms with Crippen LogP contribution in [0.5, 0.6) is 0 Å². The number of hydrogen-bond acceptors (Lipinski definition) is 2. The van der Waals surface area contributed by atoms with E-state index in [4.69, 9.17) is 0 Å². The maximum absolute atomic E-state index is 12.3. The van der Waals surface area contributed by atoms with Crippen molar-refractivity contribution in [2.75, 3.05) is 0 Å². The molecule has 120 valence electrons. The van der Waals surface area contributed by atoms with E-state index in [1.807, 2.05) is 50.2 Å². The predicted octanol–water partition coefficient (Wildman–Crippen LogP) is 3.12. The normalized spacial score (nSPS) is 11.6. The van der Waals surface area contributed by atoms with Gasteiger partial charge in [-0.25, -0.2) is 0 Å². The van der Waals surface area contributed by atoms with Crippen LogP contribution in [0.4, 0.5) is 0 Å². The molecule has 2 amide bonds. The van der Waals surface area contributed by atoms with Gasteiger partial charge in [-0.05, 0) is 42.7 Å². The summed E-state index contributed by atoms with van der Waals surface area (Å²) in [6.45, 7) is 5.96. The Bertz CT molecular complexity index is 693. The van der Waals surface area contributed by atoms with Crippen molar-refractivity contribution in [3.8, 4) is 0 Å². The first kappa shape index (κ1) is 16.7. The zero-order valence-corrected chi connectivity index (χ0v) is 13.7. The molecule has 4 nitrogen and oxygen atoms in total. The van der Waals surface area contributed by atoms with Gasteiger partial charge in [-0.2, -0.15) is 0 Å². The smallest absolute Gasteiger partial charge is 0.251 e. The molecule has 2 N–H and O–H groups in total. The molecule has 4 heteroatoms. The number of benzene rings is 2. The zero-order valence-electron chi connectivity index (χ0n) is 13.7. The SMILES string of the molecule is CC(=O)NCc1ccc(C(=O)N[C@@H](C)c2ccccc2C)cc1. The van der Waals surface area contributed by atoms with Gasteiger partial charge in [-0.3, -0.25) is 9.59 Å². The Balaban J connectivity index is 2.00. The minimum Gasteiger partial charge on any atom is -0.352 e. The fraction of sp³-hybridized carbons (Fsp3) is 0.263. The van der Waals surface area contributed by atoms with Crippen LogP contribution in [-0.4, -0.2) is 11.8 Å². The molecule has 2 aromatic carbocycles. The minimum absolute atomic E-state index is 0.0530. The number of aryl methyl sites for hydroxylation is 1. The molecule has 0 saturated heterocycles. The number of amides is 2. The summed E-state index contributed by atoms with van der Waals surface area (Å²) in [5.74, 6) is -0.175. The Morgan fingerprint density at radius 1 is 1.04 bits per heavy atom. The van der Waals surface area contributed by atoms with Gasteiger partial charge >= 0.3 is 0 Å². The number of carbonyl (C=O) groups excluding carboxylic acids is 2. The van der Waals surface area contributed by atoms with Crippen molar-refractivity contribution in [3.05, 3.63) is 70.8 Å². The molecule has 2 aromatic rings. The summed E-state index contributed by atoms with van der Waals surface area (Å²) in [6, 6.07) is 15.2. The van der Waals surface area contributed by atoms with Crippen molar-refractivity contribution < 1.29 is 9.59 Å². The molecule has 0 heterocycles. The standard InChI is InChI=1S/C19H22N2O2/c1-13-6-4-5-7-18(13)14(2)21-19(23)17-10-8-16(9-11-17)12-20-15(3)22/h4-11,14H,12H2,1-3H3,(H,20,22)(H,21,23)/t14-/m0/s1. The molecule has 1 atom stereocenters. The van der Waals surface area contributed by atoms with Crippen LogP contribution in [0.2, 0.25) is 0 Å². The second kappa shape index (κ2) is 7.58. The maximum atomic E-state index is 12.3. The van der Waals surface area contributed by atoms with Crippen molar-refractivity contribution in [1.82, 2.24) is 10.6 Å². The maximum Gasteiger partial charge on any atom is 0.251 e. The van der Waals surface area contributed by atoms with Gasteiger partial charge in [-0.15, -0.1) is 0 Å². The third kappa shape index (κ3) is 4.68. The quantitative estimate of drug-likeness (QED) is 0.891. The monoisotopic (exact) mass is 310 g/mol. The number of nitrogens with one attached hydrogen (secondary N) is 2. The molecule has 0 aliphatic heterocycles. The number of rotatable bonds is 5. The summed E-state index contributed by atoms with van der Waals surface area (Å²) in [5, 5.41) is 5.75. The van der Waals surface area contributed by atoms with Crippen LogP contribution in [0.25, 0.3) is 0 Å². The zero-order chi connectivity index (χ0) is 16.8. The summed E-state index contributed by atoms with van der Waals surface area (Å²) < 4.78 is 0. The lowest BCUT2D eigenvalue weighted by Crippen LogP contribution is -2.27. The second-order valence-electron chi connectivity index (χ2n) is 5.66. The molecule has 23 heavy (non-hydrogen) atoms. The molecule has 0 saturated carbocycles. The van der Waals surface area contributed by atoms with Crippen molar-refractivity contribution in [3.63, 3.8) is 0 Å². The van der Waals surface area contributed by atoms with E-state index in [-0.39, 0.29) is 17.9 Å². The van der Waals surface area contributed by atoms with Crippen molar-refractivity contribution in [1.29, 1.82) is 0 Å². The first-order valence-corrected chi connectivity index (χ1v) is 7.67. The minimum atomic E-state index is -0.105. The Labute approximate surface area is 136 Å². The average molecular weight is 310 g/mol. The summed E-state index contributed by atoms with van der Waals surface area (Å²) in [6.07, 6.45) is 0. The third-order valence-electron chi connectivity index (χ3n) is 3.76. The van der Waals surface area contributed by atoms with E-state index in [0.717, 1.165) is 16.7 Å². The molecular weight excluding hydrogens is 288 g/mol. The van der Waals surface area contributed by atoms with Gasteiger partial charge in [0.05, 0.1) is 6.04 Å². The van der Waals surface area contributed by atoms with Crippen molar-refractivity contribution in [2.45, 2.75) is 33.4 Å². The molecule has 0 radical (unpaired) electrons. The summed E-state index contributed by atoms with van der Waals surface area (Å²) >= 11 is 0. The van der Waals surface area contributed by atoms with Gasteiger partial charge in [0.25, 0.3) is 5.91 Å². The third-order valence-corrected chi connectivity index (χ3v) is 3.76. The van der Waals surface area contributed by atoms with E-state index in [0.29, 0.717) is 12.1 Å². The van der Waals surface area contributed by atoms with Crippen LogP contribution in [0.15, 0.2) is 48.5 Å². The van der Waals surface area contributed by atoms with Crippen LogP contribution in [0.3, 0.4) is 0 Å². The highest BCUT2D eigenvalue weighted by atomic mass is 16.2. The van der Waals surface area contributed by atoms with Gasteiger partial charge < -0.3 is 10.6 Å². The first-order chi connectivity index (χ1) is 11.0. The van der Waals surface area contributed by atoms with Gasteiger partial charge in [-0.1, -0.05) is 36.4 Å². The largest absolute Gasteiger partial charge is 0.352 e. The van der Waals surface area contributed by atoms with Gasteiger partial charge in [0.15, 0.2) is 0 Å². The first-order valence-electron chi connectivity index (χ1n) is 7.67. The van der Waals surface area contributed by atoms with E-state index in [1.54, 1.807) is 12.1 Å². The van der Waals surface area contributed by atoms with Crippen LogP contribution in [0, 0.1) is 6.92 Å². The second-order valence-corrected chi connectivity index (χ2v) is 5.66. The van der Waals surface area contributed by atoms with Crippen molar-refractivity contribution >= 4 is 11.8 Å². The fourth-order valence-corrected chi connectivity index (χ4v) is 2.43. The lowest BCUT2D eigenvalue weighted by molar-refractivity contribution is -0.119. The van der Waals surface area contributed by atoms with Crippen LogP contribution < -0.4 is 10.6 Å². The molecular formula is C19H22N2O2. The topological polar surface area (TPSA) is 58.2 Å². The molecule has 0 fully saturated rings. The average Bonchev–Trinajstić information content (AvgIpc) is 2.53. The van der Waals surface area contributed by atoms with E-state index in [2.05, 4.69) is 10.6 Å². The molecule has 0 aliphatic carbocycles. The number of hydrogen-bond donors (Lipinski definition) is 2. The Morgan fingerprint density at radius 3 is 2.30 bits per heavy atom. The Morgan fingerprint density at radius 2 is 1.70 bits per heavy atom. The molecule has 0 aliphatic rings. The van der Waals surface area contributed by atoms with Gasteiger partial charge in [0.1, 0.15) is 0 Å². The van der Waals surface area contributed by atoms with E-state index in [1.165, 1.54) is 6.92 Å². The molecule has 0 bridgehead atoms. The molecule has 0 aromatic heterocycles.